The summed E-state index contributed by atoms with van der Waals surface area (Å²) in [5, 5.41) is 23.0. The van der Waals surface area contributed by atoms with E-state index in [1.165, 1.54) is 0 Å². The Balaban J connectivity index is 2.01. The molecule has 0 aliphatic carbocycles. The Bertz CT molecular complexity index is 758. The minimum absolute atomic E-state index is 0.0371. The molecule has 23 heavy (non-hydrogen) atoms. The van der Waals surface area contributed by atoms with Gasteiger partial charge in [0.1, 0.15) is 0 Å². The molecule has 3 rings (SSSR count). The number of rotatable bonds is 4. The maximum absolute atomic E-state index is 12.9. The molecule has 1 aliphatic rings. The van der Waals surface area contributed by atoms with Gasteiger partial charge in [0.15, 0.2) is 5.60 Å². The summed E-state index contributed by atoms with van der Waals surface area (Å²) < 4.78 is 0. The van der Waals surface area contributed by atoms with E-state index in [1.807, 2.05) is 42.5 Å². The van der Waals surface area contributed by atoms with Crippen molar-refractivity contribution in [3.05, 3.63) is 65.7 Å². The first-order chi connectivity index (χ1) is 11.1. The highest BCUT2D eigenvalue weighted by atomic mass is 16.4. The van der Waals surface area contributed by atoms with E-state index in [0.717, 1.165) is 5.56 Å². The van der Waals surface area contributed by atoms with E-state index in [1.54, 1.807) is 24.0 Å². The molecule has 0 saturated carbocycles. The van der Waals surface area contributed by atoms with Crippen molar-refractivity contribution in [1.82, 2.24) is 0 Å². The first kappa shape index (κ1) is 15.2. The molecule has 1 aliphatic heterocycles. The molecule has 0 radical (unpaired) electrons. The highest BCUT2D eigenvalue weighted by Gasteiger charge is 2.49. The molecule has 5 heteroatoms. The van der Waals surface area contributed by atoms with Crippen molar-refractivity contribution in [1.29, 1.82) is 0 Å². The number of para-hydroxylation sites is 1. The molecule has 118 valence electrons. The molecule has 0 bridgehead atoms. The fourth-order valence-electron chi connectivity index (χ4n) is 3.01. The third-order valence-electron chi connectivity index (χ3n) is 4.11. The van der Waals surface area contributed by atoms with Crippen LogP contribution in [-0.2, 0) is 16.9 Å². The second kappa shape index (κ2) is 5.85. The lowest BCUT2D eigenvalue weighted by Crippen LogP contribution is -2.41. The topological polar surface area (TPSA) is 73.1 Å². The van der Waals surface area contributed by atoms with E-state index in [-0.39, 0.29) is 6.42 Å². The normalized spacial score (nSPS) is 20.7. The number of benzene rings is 2. The van der Waals surface area contributed by atoms with E-state index < -0.39 is 11.5 Å². The molecule has 2 aromatic carbocycles. The largest absolute Gasteiger partial charge is 0.411 e. The molecule has 5 nitrogen and oxygen atoms in total. The monoisotopic (exact) mass is 310 g/mol. The number of nitrogens with zero attached hydrogens (tertiary/aromatic N) is 2. The molecule has 1 atom stereocenters. The van der Waals surface area contributed by atoms with Crippen LogP contribution in [0, 0.1) is 0 Å². The van der Waals surface area contributed by atoms with Crippen molar-refractivity contribution in [3.8, 4) is 0 Å². The van der Waals surface area contributed by atoms with Crippen LogP contribution in [0.1, 0.15) is 24.5 Å². The highest BCUT2D eigenvalue weighted by molar-refractivity contribution is 6.09. The van der Waals surface area contributed by atoms with Gasteiger partial charge in [-0.3, -0.25) is 4.79 Å². The minimum Gasteiger partial charge on any atom is -0.411 e. The van der Waals surface area contributed by atoms with Gasteiger partial charge < -0.3 is 15.2 Å². The summed E-state index contributed by atoms with van der Waals surface area (Å²) in [4.78, 5) is 14.5. The van der Waals surface area contributed by atoms with E-state index in [4.69, 9.17) is 5.21 Å². The third kappa shape index (κ3) is 2.59. The van der Waals surface area contributed by atoms with Gasteiger partial charge in [-0.1, -0.05) is 53.7 Å². The molecular weight excluding hydrogens is 292 g/mol. The van der Waals surface area contributed by atoms with Crippen LogP contribution in [0.4, 0.5) is 5.69 Å². The zero-order chi connectivity index (χ0) is 16.4. The number of amides is 1. The quantitative estimate of drug-likeness (QED) is 0.518. The lowest BCUT2D eigenvalue weighted by atomic mass is 9.90. The number of fused-ring (bicyclic) bond motifs is 1. The number of anilines is 1. The Morgan fingerprint density at radius 2 is 1.78 bits per heavy atom. The summed E-state index contributed by atoms with van der Waals surface area (Å²) in [6.07, 6.45) is -0.0371. The molecule has 0 saturated heterocycles. The van der Waals surface area contributed by atoms with Crippen LogP contribution in [0.3, 0.4) is 0 Å². The van der Waals surface area contributed by atoms with Crippen molar-refractivity contribution in [2.45, 2.75) is 25.5 Å². The molecule has 1 heterocycles. The minimum atomic E-state index is -1.69. The number of aliphatic hydroxyl groups is 1. The first-order valence-corrected chi connectivity index (χ1v) is 7.41. The number of hydrogen-bond acceptors (Lipinski definition) is 4. The lowest BCUT2D eigenvalue weighted by molar-refractivity contribution is -0.135. The average Bonchev–Trinajstić information content (AvgIpc) is 2.78. The number of hydrogen-bond donors (Lipinski definition) is 2. The highest BCUT2D eigenvalue weighted by Crippen LogP contribution is 2.43. The van der Waals surface area contributed by atoms with Crippen LogP contribution >= 0.6 is 0 Å². The number of carbonyl (C=O) groups is 1. The molecule has 2 aromatic rings. The second-order valence-electron chi connectivity index (χ2n) is 5.77. The van der Waals surface area contributed by atoms with Crippen molar-refractivity contribution in [3.63, 3.8) is 0 Å². The molecular formula is C18H18N2O3. The third-order valence-corrected chi connectivity index (χ3v) is 4.11. The Hall–Kier alpha value is -2.66. The summed E-state index contributed by atoms with van der Waals surface area (Å²) >= 11 is 0. The predicted octanol–water partition coefficient (Wildman–Crippen LogP) is 2.66. The van der Waals surface area contributed by atoms with Crippen LogP contribution in [0.15, 0.2) is 59.8 Å². The van der Waals surface area contributed by atoms with Crippen LogP contribution in [0.5, 0.6) is 0 Å². The van der Waals surface area contributed by atoms with Crippen LogP contribution in [-0.4, -0.2) is 21.9 Å². The van der Waals surface area contributed by atoms with Crippen molar-refractivity contribution >= 4 is 17.3 Å². The van der Waals surface area contributed by atoms with Crippen LogP contribution in [0.25, 0.3) is 0 Å². The Labute approximate surface area is 134 Å². The standard InChI is InChI=1S/C18H18N2O3/c1-13(19-23)11-18(22)15-9-5-6-10-16(15)20(17(18)21)12-14-7-3-2-4-8-14/h2-10,22-23H,11-12H2,1H3/b19-13+/t18-/m0/s1. The van der Waals surface area contributed by atoms with Gasteiger partial charge in [0.2, 0.25) is 0 Å². The Morgan fingerprint density at radius 1 is 1.13 bits per heavy atom. The SMILES string of the molecule is C/C(C[C@@]1(O)C(=O)N(Cc2ccccc2)c2ccccc21)=N\O. The van der Waals surface area contributed by atoms with Gasteiger partial charge in [0.25, 0.3) is 5.91 Å². The fourth-order valence-corrected chi connectivity index (χ4v) is 3.01. The number of carbonyl (C=O) groups excluding carboxylic acids is 1. The summed E-state index contributed by atoms with van der Waals surface area (Å²) in [6, 6.07) is 16.8. The predicted molar refractivity (Wildman–Crippen MR) is 87.5 cm³/mol. The smallest absolute Gasteiger partial charge is 0.264 e. The first-order valence-electron chi connectivity index (χ1n) is 7.41. The van der Waals surface area contributed by atoms with E-state index in [0.29, 0.717) is 23.5 Å². The van der Waals surface area contributed by atoms with E-state index >= 15 is 0 Å². The molecule has 0 fully saturated rings. The summed E-state index contributed by atoms with van der Waals surface area (Å²) in [5.41, 5.74) is 0.824. The maximum atomic E-state index is 12.9. The zero-order valence-electron chi connectivity index (χ0n) is 12.8. The lowest BCUT2D eigenvalue weighted by Gasteiger charge is -2.23. The fraction of sp³-hybridized carbons (Fsp3) is 0.222. The van der Waals surface area contributed by atoms with Gasteiger partial charge in [-0.2, -0.15) is 0 Å². The van der Waals surface area contributed by atoms with Gasteiger partial charge in [0.05, 0.1) is 17.9 Å². The second-order valence-corrected chi connectivity index (χ2v) is 5.77. The Kier molecular flexibility index (Phi) is 3.88. The summed E-state index contributed by atoms with van der Waals surface area (Å²) in [6.45, 7) is 1.96. The van der Waals surface area contributed by atoms with E-state index in [9.17, 15) is 9.90 Å². The van der Waals surface area contributed by atoms with Gasteiger partial charge >= 0.3 is 0 Å². The summed E-state index contributed by atoms with van der Waals surface area (Å²) in [7, 11) is 0. The van der Waals surface area contributed by atoms with Gasteiger partial charge in [0, 0.05) is 12.0 Å². The van der Waals surface area contributed by atoms with E-state index in [2.05, 4.69) is 5.16 Å². The molecule has 0 unspecified atom stereocenters. The molecule has 0 spiro atoms. The zero-order valence-corrected chi connectivity index (χ0v) is 12.8. The van der Waals surface area contributed by atoms with Crippen molar-refractivity contribution in [2.75, 3.05) is 4.90 Å². The Morgan fingerprint density at radius 3 is 2.48 bits per heavy atom. The maximum Gasteiger partial charge on any atom is 0.264 e. The van der Waals surface area contributed by atoms with Crippen LogP contribution in [0.2, 0.25) is 0 Å². The van der Waals surface area contributed by atoms with Crippen molar-refractivity contribution < 1.29 is 15.1 Å². The molecule has 1 amide bonds. The molecule has 2 N–H and O–H groups in total. The van der Waals surface area contributed by atoms with Gasteiger partial charge in [-0.15, -0.1) is 0 Å². The average molecular weight is 310 g/mol. The van der Waals surface area contributed by atoms with Crippen LogP contribution < -0.4 is 4.90 Å². The van der Waals surface area contributed by atoms with Gasteiger partial charge in [-0.05, 0) is 18.6 Å². The summed E-state index contributed by atoms with van der Waals surface area (Å²) in [5.74, 6) is -0.398. The van der Waals surface area contributed by atoms with Crippen molar-refractivity contribution in [2.24, 2.45) is 5.16 Å². The van der Waals surface area contributed by atoms with Gasteiger partial charge in [-0.25, -0.2) is 0 Å². The number of oxime groups is 1. The molecule has 0 aromatic heterocycles.